The highest BCUT2D eigenvalue weighted by Crippen LogP contribution is 2.50. The van der Waals surface area contributed by atoms with Gasteiger partial charge >= 0.3 is 0 Å². The summed E-state index contributed by atoms with van der Waals surface area (Å²) < 4.78 is 6.42. The van der Waals surface area contributed by atoms with Crippen molar-refractivity contribution in [3.8, 4) is 5.75 Å². The summed E-state index contributed by atoms with van der Waals surface area (Å²) in [6.07, 6.45) is 5.82. The number of halogens is 1. The van der Waals surface area contributed by atoms with E-state index in [1.165, 1.54) is 16.8 Å². The molecule has 1 aliphatic heterocycles. The Kier molecular flexibility index (Phi) is 3.45. The first-order valence-corrected chi connectivity index (χ1v) is 8.42. The van der Waals surface area contributed by atoms with Crippen LogP contribution in [0.4, 0.5) is 5.69 Å². The molecule has 1 heterocycles. The first-order valence-electron chi connectivity index (χ1n) is 7.63. The van der Waals surface area contributed by atoms with Gasteiger partial charge in [-0.15, -0.1) is 0 Å². The highest BCUT2D eigenvalue weighted by Gasteiger charge is 2.37. The molecule has 0 aromatic heterocycles. The Morgan fingerprint density at radius 2 is 1.95 bits per heavy atom. The molecule has 0 unspecified atom stereocenters. The first kappa shape index (κ1) is 13.9. The van der Waals surface area contributed by atoms with Crippen LogP contribution in [0.1, 0.15) is 29.5 Å². The largest absolute Gasteiger partial charge is 0.497 e. The number of allylic oxidation sites excluding steroid dienone is 2. The lowest BCUT2D eigenvalue weighted by atomic mass is 9.77. The molecule has 112 valence electrons. The fourth-order valence-corrected chi connectivity index (χ4v) is 4.09. The average molecular weight is 356 g/mol. The molecule has 2 aromatic carbocycles. The van der Waals surface area contributed by atoms with E-state index in [4.69, 9.17) is 4.74 Å². The Morgan fingerprint density at radius 1 is 1.14 bits per heavy atom. The Balaban J connectivity index is 1.74. The van der Waals surface area contributed by atoms with Crippen molar-refractivity contribution < 1.29 is 4.74 Å². The summed E-state index contributed by atoms with van der Waals surface area (Å²) in [6, 6.07) is 15.3. The Bertz CT molecular complexity index is 723. The van der Waals surface area contributed by atoms with Crippen molar-refractivity contribution in [2.75, 3.05) is 12.4 Å². The smallest absolute Gasteiger partial charge is 0.118 e. The molecule has 0 spiro atoms. The SMILES string of the molecule is COc1ccc([C@H]2Nc3ccc(Br)cc3[C@H]3C=CC[C@H]32)cc1. The summed E-state index contributed by atoms with van der Waals surface area (Å²) in [5, 5.41) is 3.75. The predicted octanol–water partition coefficient (Wildman–Crippen LogP) is 5.28. The van der Waals surface area contributed by atoms with E-state index >= 15 is 0 Å². The number of hydrogen-bond donors (Lipinski definition) is 1. The Labute approximate surface area is 139 Å². The minimum Gasteiger partial charge on any atom is -0.497 e. The molecule has 2 aromatic rings. The van der Waals surface area contributed by atoms with Crippen molar-refractivity contribution >= 4 is 21.6 Å². The van der Waals surface area contributed by atoms with E-state index in [0.29, 0.717) is 17.9 Å². The second-order valence-electron chi connectivity index (χ2n) is 5.98. The van der Waals surface area contributed by atoms with Gasteiger partial charge in [-0.25, -0.2) is 0 Å². The van der Waals surface area contributed by atoms with Crippen LogP contribution in [0.25, 0.3) is 0 Å². The maximum Gasteiger partial charge on any atom is 0.118 e. The first-order chi connectivity index (χ1) is 10.8. The number of benzene rings is 2. The summed E-state index contributed by atoms with van der Waals surface area (Å²) >= 11 is 3.60. The van der Waals surface area contributed by atoms with Gasteiger partial charge in [0, 0.05) is 16.1 Å². The van der Waals surface area contributed by atoms with Crippen LogP contribution in [0.2, 0.25) is 0 Å². The number of hydrogen-bond acceptors (Lipinski definition) is 2. The maximum absolute atomic E-state index is 5.27. The second-order valence-corrected chi connectivity index (χ2v) is 6.90. The molecule has 2 aliphatic rings. The fourth-order valence-electron chi connectivity index (χ4n) is 3.71. The third-order valence-corrected chi connectivity index (χ3v) is 5.29. The van der Waals surface area contributed by atoms with Gasteiger partial charge in [-0.05, 0) is 53.8 Å². The Hall–Kier alpha value is -1.74. The van der Waals surface area contributed by atoms with Crippen LogP contribution < -0.4 is 10.1 Å². The molecule has 0 amide bonds. The van der Waals surface area contributed by atoms with E-state index in [9.17, 15) is 0 Å². The van der Waals surface area contributed by atoms with E-state index in [1.54, 1.807) is 7.11 Å². The van der Waals surface area contributed by atoms with E-state index < -0.39 is 0 Å². The van der Waals surface area contributed by atoms with Crippen molar-refractivity contribution in [3.05, 3.63) is 70.2 Å². The summed E-state index contributed by atoms with van der Waals surface area (Å²) in [4.78, 5) is 0. The molecule has 1 N–H and O–H groups in total. The monoisotopic (exact) mass is 355 g/mol. The summed E-state index contributed by atoms with van der Waals surface area (Å²) in [5.74, 6) is 1.99. The van der Waals surface area contributed by atoms with Gasteiger partial charge in [-0.2, -0.15) is 0 Å². The summed E-state index contributed by atoms with van der Waals surface area (Å²) in [7, 11) is 1.71. The molecule has 3 atom stereocenters. The van der Waals surface area contributed by atoms with Gasteiger partial charge in [-0.3, -0.25) is 0 Å². The van der Waals surface area contributed by atoms with Gasteiger partial charge in [0.1, 0.15) is 5.75 Å². The lowest BCUT2D eigenvalue weighted by molar-refractivity contribution is 0.411. The van der Waals surface area contributed by atoms with Crippen molar-refractivity contribution in [3.63, 3.8) is 0 Å². The number of fused-ring (bicyclic) bond motifs is 3. The third-order valence-electron chi connectivity index (χ3n) is 4.80. The molecule has 0 saturated heterocycles. The van der Waals surface area contributed by atoms with Gasteiger partial charge < -0.3 is 10.1 Å². The molecule has 0 bridgehead atoms. The van der Waals surface area contributed by atoms with Crippen molar-refractivity contribution in [2.24, 2.45) is 5.92 Å². The van der Waals surface area contributed by atoms with Crippen LogP contribution in [-0.2, 0) is 0 Å². The lowest BCUT2D eigenvalue weighted by Crippen LogP contribution is -2.29. The van der Waals surface area contributed by atoms with Crippen LogP contribution in [0.15, 0.2) is 59.1 Å². The molecule has 3 heteroatoms. The van der Waals surface area contributed by atoms with Gasteiger partial charge in [-0.1, -0.05) is 40.2 Å². The van der Waals surface area contributed by atoms with E-state index in [1.807, 2.05) is 12.1 Å². The third kappa shape index (κ3) is 2.24. The molecule has 0 saturated carbocycles. The minimum atomic E-state index is 0.347. The topological polar surface area (TPSA) is 21.3 Å². The van der Waals surface area contributed by atoms with Crippen molar-refractivity contribution in [1.29, 1.82) is 0 Å². The standard InChI is InChI=1S/C19H18BrNO/c1-22-14-8-5-12(6-9-14)19-16-4-2-3-15(16)17-11-13(20)7-10-18(17)21-19/h2-3,5-11,15-16,19,21H,4H2,1H3/t15-,16+,19+/m0/s1. The zero-order chi connectivity index (χ0) is 15.1. The van der Waals surface area contributed by atoms with Gasteiger partial charge in [0.2, 0.25) is 0 Å². The molecular weight excluding hydrogens is 338 g/mol. The predicted molar refractivity (Wildman–Crippen MR) is 93.5 cm³/mol. The summed E-state index contributed by atoms with van der Waals surface area (Å²) in [5.41, 5.74) is 3.97. The summed E-state index contributed by atoms with van der Waals surface area (Å²) in [6.45, 7) is 0. The molecule has 0 fully saturated rings. The molecule has 22 heavy (non-hydrogen) atoms. The molecule has 4 rings (SSSR count). The van der Waals surface area contributed by atoms with E-state index in [2.05, 4.69) is 63.7 Å². The van der Waals surface area contributed by atoms with Crippen LogP contribution in [0.3, 0.4) is 0 Å². The van der Waals surface area contributed by atoms with Crippen LogP contribution >= 0.6 is 15.9 Å². The van der Waals surface area contributed by atoms with Crippen molar-refractivity contribution in [1.82, 2.24) is 0 Å². The number of ether oxygens (including phenoxy) is 1. The number of anilines is 1. The highest BCUT2D eigenvalue weighted by molar-refractivity contribution is 9.10. The minimum absolute atomic E-state index is 0.347. The molecular formula is C19H18BrNO. The van der Waals surface area contributed by atoms with Crippen LogP contribution in [0, 0.1) is 5.92 Å². The zero-order valence-corrected chi connectivity index (χ0v) is 14.0. The maximum atomic E-state index is 5.27. The highest BCUT2D eigenvalue weighted by atomic mass is 79.9. The quantitative estimate of drug-likeness (QED) is 0.739. The number of nitrogens with one attached hydrogen (secondary N) is 1. The number of methoxy groups -OCH3 is 1. The molecule has 2 nitrogen and oxygen atoms in total. The van der Waals surface area contributed by atoms with Crippen molar-refractivity contribution in [2.45, 2.75) is 18.4 Å². The normalized spacial score (nSPS) is 25.3. The van der Waals surface area contributed by atoms with Gasteiger partial charge in [0.15, 0.2) is 0 Å². The van der Waals surface area contributed by atoms with E-state index in [0.717, 1.165) is 16.6 Å². The van der Waals surface area contributed by atoms with Gasteiger partial charge in [0.25, 0.3) is 0 Å². The lowest BCUT2D eigenvalue weighted by Gasteiger charge is -2.37. The Morgan fingerprint density at radius 3 is 2.73 bits per heavy atom. The van der Waals surface area contributed by atoms with E-state index in [-0.39, 0.29) is 0 Å². The molecule has 1 aliphatic carbocycles. The second kappa shape index (κ2) is 5.47. The zero-order valence-electron chi connectivity index (χ0n) is 12.4. The molecule has 0 radical (unpaired) electrons. The van der Waals surface area contributed by atoms with Crippen LogP contribution in [-0.4, -0.2) is 7.11 Å². The van der Waals surface area contributed by atoms with Gasteiger partial charge in [0.05, 0.1) is 13.2 Å². The fraction of sp³-hybridized carbons (Fsp3) is 0.263. The van der Waals surface area contributed by atoms with Crippen LogP contribution in [0.5, 0.6) is 5.75 Å². The average Bonchev–Trinajstić information content (AvgIpc) is 3.04. The number of rotatable bonds is 2.